The van der Waals surface area contributed by atoms with Crippen molar-refractivity contribution in [1.82, 2.24) is 15.2 Å². The Morgan fingerprint density at radius 2 is 1.74 bits per heavy atom. The predicted molar refractivity (Wildman–Crippen MR) is 120 cm³/mol. The highest BCUT2D eigenvalue weighted by molar-refractivity contribution is 7.15. The van der Waals surface area contributed by atoms with E-state index < -0.39 is 6.09 Å². The van der Waals surface area contributed by atoms with Crippen LogP contribution < -0.4 is 10.6 Å². The molecule has 2 aromatic carbocycles. The summed E-state index contributed by atoms with van der Waals surface area (Å²) in [6, 6.07) is 19.5. The summed E-state index contributed by atoms with van der Waals surface area (Å²) in [7, 11) is 0. The Morgan fingerprint density at radius 3 is 2.35 bits per heavy atom. The first-order valence-electron chi connectivity index (χ1n) is 10.2. The van der Waals surface area contributed by atoms with E-state index in [-0.39, 0.29) is 12.1 Å². The molecule has 1 aliphatic heterocycles. The first kappa shape index (κ1) is 20.9. The summed E-state index contributed by atoms with van der Waals surface area (Å²) < 4.78 is 4.91. The highest BCUT2D eigenvalue weighted by atomic mass is 32.1. The van der Waals surface area contributed by atoms with Crippen LogP contribution in [0.2, 0.25) is 0 Å². The molecule has 7 nitrogen and oxygen atoms in total. The number of nitrogens with zero attached hydrogens (tertiary/aromatic N) is 2. The zero-order valence-corrected chi connectivity index (χ0v) is 18.0. The first-order valence-corrected chi connectivity index (χ1v) is 11.0. The Morgan fingerprint density at radius 1 is 1.10 bits per heavy atom. The lowest BCUT2D eigenvalue weighted by molar-refractivity contribution is 0.168. The second-order valence-electron chi connectivity index (χ2n) is 7.11. The Labute approximate surface area is 185 Å². The normalized spacial score (nSPS) is 12.9. The van der Waals surface area contributed by atoms with Crippen LogP contribution in [0.1, 0.15) is 34.7 Å². The van der Waals surface area contributed by atoms with Gasteiger partial charge in [-0.2, -0.15) is 0 Å². The van der Waals surface area contributed by atoms with Gasteiger partial charge in [-0.15, -0.1) is 0 Å². The molecule has 0 saturated carbocycles. The largest absolute Gasteiger partial charge is 0.450 e. The van der Waals surface area contributed by atoms with Crippen molar-refractivity contribution in [3.63, 3.8) is 0 Å². The minimum absolute atomic E-state index is 0.128. The molecule has 1 aromatic heterocycles. The molecular weight excluding hydrogens is 412 g/mol. The molecule has 0 unspecified atom stereocenters. The van der Waals surface area contributed by atoms with Crippen LogP contribution in [0.5, 0.6) is 0 Å². The van der Waals surface area contributed by atoms with Crippen LogP contribution in [-0.4, -0.2) is 35.2 Å². The summed E-state index contributed by atoms with van der Waals surface area (Å²) in [6.45, 7) is 3.08. The number of carbonyl (C=O) groups is 2. The molecule has 2 heterocycles. The molecule has 1 aliphatic rings. The smallest absolute Gasteiger partial charge is 0.413 e. The van der Waals surface area contributed by atoms with Crippen molar-refractivity contribution < 1.29 is 14.3 Å². The molecule has 160 valence electrons. The van der Waals surface area contributed by atoms with Crippen molar-refractivity contribution in [2.45, 2.75) is 25.9 Å². The molecule has 2 N–H and O–H groups in total. The van der Waals surface area contributed by atoms with E-state index in [0.29, 0.717) is 31.2 Å². The molecule has 8 heteroatoms. The van der Waals surface area contributed by atoms with E-state index in [1.54, 1.807) is 11.8 Å². The van der Waals surface area contributed by atoms with E-state index in [2.05, 4.69) is 15.6 Å². The van der Waals surface area contributed by atoms with Crippen molar-refractivity contribution >= 4 is 28.6 Å². The molecule has 0 saturated heterocycles. The lowest BCUT2D eigenvalue weighted by atomic mass is 9.99. The number of aromatic nitrogens is 1. The maximum Gasteiger partial charge on any atom is 0.413 e. The summed E-state index contributed by atoms with van der Waals surface area (Å²) in [6.07, 6.45) is 0.127. The van der Waals surface area contributed by atoms with Gasteiger partial charge in [0.2, 0.25) is 0 Å². The van der Waals surface area contributed by atoms with Gasteiger partial charge < -0.3 is 15.0 Å². The molecule has 0 atom stereocenters. The fraction of sp³-hybridized carbons (Fsp3) is 0.261. The number of hydrogen-bond acceptors (Lipinski definition) is 5. The zero-order valence-electron chi connectivity index (χ0n) is 17.2. The average molecular weight is 437 g/mol. The van der Waals surface area contributed by atoms with E-state index in [0.717, 1.165) is 21.7 Å². The van der Waals surface area contributed by atoms with E-state index in [9.17, 15) is 9.59 Å². The van der Waals surface area contributed by atoms with Crippen molar-refractivity contribution in [2.24, 2.45) is 0 Å². The number of hydrogen-bond donors (Lipinski definition) is 2. The van der Waals surface area contributed by atoms with E-state index in [1.165, 1.54) is 11.3 Å². The van der Waals surface area contributed by atoms with Gasteiger partial charge in [0, 0.05) is 17.8 Å². The zero-order chi connectivity index (χ0) is 21.6. The number of nitrogens with one attached hydrogen (secondary N) is 2. The number of ether oxygens (including phenoxy) is 1. The molecule has 0 fully saturated rings. The van der Waals surface area contributed by atoms with Crippen LogP contribution in [0, 0.1) is 0 Å². The monoisotopic (exact) mass is 436 g/mol. The minimum atomic E-state index is -0.517. The number of amides is 3. The van der Waals surface area contributed by atoms with Crippen LogP contribution in [0.15, 0.2) is 60.7 Å². The van der Waals surface area contributed by atoms with Gasteiger partial charge in [0.25, 0.3) is 0 Å². The van der Waals surface area contributed by atoms with Gasteiger partial charge in [-0.1, -0.05) is 72.0 Å². The molecule has 3 amide bonds. The second kappa shape index (κ2) is 9.61. The van der Waals surface area contributed by atoms with Gasteiger partial charge in [-0.3, -0.25) is 5.32 Å². The molecule has 0 aliphatic carbocycles. The number of carbonyl (C=O) groups excluding carboxylic acids is 2. The fourth-order valence-corrected chi connectivity index (χ4v) is 4.55. The van der Waals surface area contributed by atoms with E-state index in [4.69, 9.17) is 4.74 Å². The van der Waals surface area contributed by atoms with Gasteiger partial charge in [0.05, 0.1) is 24.9 Å². The Kier molecular flexibility index (Phi) is 6.47. The second-order valence-corrected chi connectivity index (χ2v) is 8.19. The van der Waals surface area contributed by atoms with Crippen LogP contribution >= 0.6 is 11.3 Å². The van der Waals surface area contributed by atoms with E-state index in [1.807, 2.05) is 60.7 Å². The Bertz CT molecular complexity index is 1000. The van der Waals surface area contributed by atoms with Gasteiger partial charge in [-0.25, -0.2) is 14.6 Å². The fourth-order valence-electron chi connectivity index (χ4n) is 3.54. The van der Waals surface area contributed by atoms with Crippen LogP contribution in [0.3, 0.4) is 0 Å². The van der Waals surface area contributed by atoms with Gasteiger partial charge in [0.15, 0.2) is 5.13 Å². The quantitative estimate of drug-likeness (QED) is 0.614. The van der Waals surface area contributed by atoms with Gasteiger partial charge in [-0.05, 0) is 18.1 Å². The molecule has 31 heavy (non-hydrogen) atoms. The minimum Gasteiger partial charge on any atom is -0.450 e. The third-order valence-electron chi connectivity index (χ3n) is 5.04. The Hall–Kier alpha value is -3.39. The predicted octanol–water partition coefficient (Wildman–Crippen LogP) is 4.57. The highest BCUT2D eigenvalue weighted by Gasteiger charge is 2.27. The van der Waals surface area contributed by atoms with Gasteiger partial charge >= 0.3 is 12.1 Å². The summed E-state index contributed by atoms with van der Waals surface area (Å²) >= 11 is 1.38. The molecule has 0 radical (unpaired) electrons. The third-order valence-corrected chi connectivity index (χ3v) is 6.03. The van der Waals surface area contributed by atoms with Gasteiger partial charge in [0.1, 0.15) is 0 Å². The van der Waals surface area contributed by atoms with Crippen LogP contribution in [0.25, 0.3) is 0 Å². The molecule has 0 spiro atoms. The highest BCUT2D eigenvalue weighted by Crippen LogP contribution is 2.29. The number of rotatable bonds is 5. The summed E-state index contributed by atoms with van der Waals surface area (Å²) in [5.74, 6) is 0. The van der Waals surface area contributed by atoms with Crippen molar-refractivity contribution in [1.29, 1.82) is 0 Å². The molecule has 4 rings (SSSR count). The molecule has 3 aromatic rings. The van der Waals surface area contributed by atoms with Crippen molar-refractivity contribution in [3.8, 4) is 0 Å². The molecule has 0 bridgehead atoms. The number of anilines is 1. The first-order chi connectivity index (χ1) is 15.1. The maximum atomic E-state index is 13.1. The summed E-state index contributed by atoms with van der Waals surface area (Å²) in [5.41, 5.74) is 2.97. The number of urea groups is 1. The lowest BCUT2D eigenvalue weighted by Crippen LogP contribution is -2.44. The maximum absolute atomic E-state index is 13.1. The van der Waals surface area contributed by atoms with Crippen molar-refractivity contribution in [3.05, 3.63) is 82.4 Å². The summed E-state index contributed by atoms with van der Waals surface area (Å²) in [4.78, 5) is 32.0. The topological polar surface area (TPSA) is 83.6 Å². The SMILES string of the molecule is CCOC(=O)Nc1nc2c(s1)CN(C(=O)NC(c1ccccc1)c1ccccc1)CC2. The van der Waals surface area contributed by atoms with Crippen LogP contribution in [0.4, 0.5) is 14.7 Å². The summed E-state index contributed by atoms with van der Waals surface area (Å²) in [5, 5.41) is 6.33. The average Bonchev–Trinajstić information content (AvgIpc) is 3.20. The number of fused-ring (bicyclic) bond motifs is 1. The Balaban J connectivity index is 1.47. The standard InChI is InChI=1S/C23H24N4O3S/c1-2-30-23(29)26-21-24-18-13-14-27(15-19(18)31-21)22(28)25-20(16-9-5-3-6-10-16)17-11-7-4-8-12-17/h3-12,20H,2,13-15H2,1H3,(H,25,28)(H,24,26,29). The number of thiazole rings is 1. The van der Waals surface area contributed by atoms with Crippen molar-refractivity contribution in [2.75, 3.05) is 18.5 Å². The molecular formula is C23H24N4O3S. The van der Waals surface area contributed by atoms with E-state index >= 15 is 0 Å². The lowest BCUT2D eigenvalue weighted by Gasteiger charge is -2.29. The van der Waals surface area contributed by atoms with Crippen LogP contribution in [-0.2, 0) is 17.7 Å². The number of benzene rings is 2. The third kappa shape index (κ3) is 5.03.